The van der Waals surface area contributed by atoms with Crippen molar-refractivity contribution in [3.05, 3.63) is 0 Å². The van der Waals surface area contributed by atoms with Crippen molar-refractivity contribution in [2.75, 3.05) is 20.1 Å². The molecule has 0 aromatic heterocycles. The van der Waals surface area contributed by atoms with Gasteiger partial charge in [0.15, 0.2) is 0 Å². The number of hydrogen-bond donors (Lipinski definition) is 1. The molecule has 0 aromatic carbocycles. The van der Waals surface area contributed by atoms with E-state index in [4.69, 9.17) is 0 Å². The predicted octanol–water partition coefficient (Wildman–Crippen LogP) is 2.49. The van der Waals surface area contributed by atoms with Crippen LogP contribution in [0.15, 0.2) is 0 Å². The van der Waals surface area contributed by atoms with Crippen LogP contribution in [0.1, 0.15) is 46.5 Å². The topological polar surface area (TPSA) is 15.3 Å². The molecule has 1 atom stereocenters. The monoisotopic (exact) mass is 212 g/mol. The summed E-state index contributed by atoms with van der Waals surface area (Å²) < 4.78 is 0. The first-order valence-electron chi connectivity index (χ1n) is 6.54. The van der Waals surface area contributed by atoms with Crippen molar-refractivity contribution in [2.24, 2.45) is 5.92 Å². The molecule has 0 bridgehead atoms. The Bertz CT molecular complexity index is 164. The Kier molecular flexibility index (Phi) is 5.62. The first-order valence-corrected chi connectivity index (χ1v) is 6.54. The summed E-state index contributed by atoms with van der Waals surface area (Å²) in [6.45, 7) is 9.53. The molecule has 1 unspecified atom stereocenters. The van der Waals surface area contributed by atoms with Gasteiger partial charge in [-0.25, -0.2) is 0 Å². The van der Waals surface area contributed by atoms with Gasteiger partial charge in [-0.2, -0.15) is 0 Å². The van der Waals surface area contributed by atoms with E-state index in [-0.39, 0.29) is 0 Å². The van der Waals surface area contributed by atoms with Crippen molar-refractivity contribution < 1.29 is 0 Å². The molecule has 1 fully saturated rings. The van der Waals surface area contributed by atoms with E-state index in [1.807, 2.05) is 0 Å². The van der Waals surface area contributed by atoms with Crippen LogP contribution in [0.3, 0.4) is 0 Å². The zero-order valence-corrected chi connectivity index (χ0v) is 10.9. The minimum atomic E-state index is 0.667. The lowest BCUT2D eigenvalue weighted by Gasteiger charge is -2.26. The third-order valence-corrected chi connectivity index (χ3v) is 3.50. The van der Waals surface area contributed by atoms with Gasteiger partial charge in [-0.3, -0.25) is 0 Å². The van der Waals surface area contributed by atoms with Crippen LogP contribution in [0, 0.1) is 5.92 Å². The van der Waals surface area contributed by atoms with Crippen molar-refractivity contribution in [1.29, 1.82) is 0 Å². The Balaban J connectivity index is 2.13. The molecule has 15 heavy (non-hydrogen) atoms. The summed E-state index contributed by atoms with van der Waals surface area (Å²) in [6.07, 6.45) is 5.56. The molecule has 0 saturated heterocycles. The highest BCUT2D eigenvalue weighted by Gasteiger charge is 2.25. The Morgan fingerprint density at radius 1 is 1.27 bits per heavy atom. The molecule has 1 aliphatic rings. The molecule has 0 heterocycles. The van der Waals surface area contributed by atoms with Gasteiger partial charge in [-0.05, 0) is 66.0 Å². The van der Waals surface area contributed by atoms with Crippen molar-refractivity contribution in [3.8, 4) is 0 Å². The number of hydrogen-bond acceptors (Lipinski definition) is 2. The van der Waals surface area contributed by atoms with Crippen LogP contribution >= 0.6 is 0 Å². The van der Waals surface area contributed by atoms with Crippen LogP contribution in [0.2, 0.25) is 0 Å². The highest BCUT2D eigenvalue weighted by atomic mass is 15.1. The van der Waals surface area contributed by atoms with E-state index in [2.05, 4.69) is 38.0 Å². The highest BCUT2D eigenvalue weighted by molar-refractivity contribution is 4.78. The standard InChI is InChI=1S/C13H28N2/c1-11(2)15(10-13-7-8-13)9-5-6-12(3)14-4/h11-14H,5-10H2,1-4H3. The highest BCUT2D eigenvalue weighted by Crippen LogP contribution is 2.30. The molecule has 90 valence electrons. The zero-order valence-electron chi connectivity index (χ0n) is 10.9. The second-order valence-corrected chi connectivity index (χ2v) is 5.36. The van der Waals surface area contributed by atoms with Crippen LogP contribution in [-0.4, -0.2) is 37.1 Å². The Morgan fingerprint density at radius 3 is 2.40 bits per heavy atom. The molecule has 2 heteroatoms. The van der Waals surface area contributed by atoms with Crippen molar-refractivity contribution in [1.82, 2.24) is 10.2 Å². The zero-order chi connectivity index (χ0) is 11.3. The van der Waals surface area contributed by atoms with Crippen molar-refractivity contribution >= 4 is 0 Å². The molecule has 1 rings (SSSR count). The molecule has 1 saturated carbocycles. The first-order chi connectivity index (χ1) is 7.13. The average Bonchev–Trinajstić information content (AvgIpc) is 2.99. The number of rotatable bonds is 8. The minimum Gasteiger partial charge on any atom is -0.317 e. The summed E-state index contributed by atoms with van der Waals surface area (Å²) in [7, 11) is 2.05. The van der Waals surface area contributed by atoms with Gasteiger partial charge in [-0.1, -0.05) is 0 Å². The Hall–Kier alpha value is -0.0800. The summed E-state index contributed by atoms with van der Waals surface area (Å²) in [5.74, 6) is 1.02. The fourth-order valence-electron chi connectivity index (χ4n) is 1.94. The van der Waals surface area contributed by atoms with Crippen molar-refractivity contribution in [2.45, 2.75) is 58.5 Å². The maximum Gasteiger partial charge on any atom is 0.00387 e. The van der Waals surface area contributed by atoms with Crippen LogP contribution in [0.25, 0.3) is 0 Å². The molecule has 0 aliphatic heterocycles. The molecule has 2 nitrogen and oxygen atoms in total. The fraction of sp³-hybridized carbons (Fsp3) is 1.00. The maximum atomic E-state index is 3.30. The van der Waals surface area contributed by atoms with Crippen LogP contribution in [0.4, 0.5) is 0 Å². The first kappa shape index (κ1) is 13.0. The SMILES string of the molecule is CNC(C)CCCN(CC1CC1)C(C)C. The predicted molar refractivity (Wildman–Crippen MR) is 67.2 cm³/mol. The van der Waals surface area contributed by atoms with Crippen LogP contribution in [0.5, 0.6) is 0 Å². The van der Waals surface area contributed by atoms with E-state index in [1.54, 1.807) is 0 Å². The van der Waals surface area contributed by atoms with E-state index in [9.17, 15) is 0 Å². The summed E-state index contributed by atoms with van der Waals surface area (Å²) in [5, 5.41) is 3.30. The van der Waals surface area contributed by atoms with Crippen LogP contribution < -0.4 is 5.32 Å². The Morgan fingerprint density at radius 2 is 1.93 bits per heavy atom. The van der Waals surface area contributed by atoms with Gasteiger partial charge in [0.05, 0.1) is 0 Å². The fourth-order valence-corrected chi connectivity index (χ4v) is 1.94. The maximum absolute atomic E-state index is 3.30. The van der Waals surface area contributed by atoms with Crippen LogP contribution in [-0.2, 0) is 0 Å². The third-order valence-electron chi connectivity index (χ3n) is 3.50. The van der Waals surface area contributed by atoms with Gasteiger partial charge in [-0.15, -0.1) is 0 Å². The molecule has 0 amide bonds. The van der Waals surface area contributed by atoms with Gasteiger partial charge >= 0.3 is 0 Å². The molecular weight excluding hydrogens is 184 g/mol. The average molecular weight is 212 g/mol. The molecular formula is C13H28N2. The smallest absolute Gasteiger partial charge is 0.00387 e. The van der Waals surface area contributed by atoms with Gasteiger partial charge < -0.3 is 10.2 Å². The summed E-state index contributed by atoms with van der Waals surface area (Å²) in [5.41, 5.74) is 0. The lowest BCUT2D eigenvalue weighted by atomic mass is 10.1. The summed E-state index contributed by atoms with van der Waals surface area (Å²) in [4.78, 5) is 2.65. The van der Waals surface area contributed by atoms with E-state index in [0.717, 1.165) is 12.0 Å². The quantitative estimate of drug-likeness (QED) is 0.665. The minimum absolute atomic E-state index is 0.667. The third kappa shape index (κ3) is 5.53. The molecule has 0 aromatic rings. The van der Waals surface area contributed by atoms with E-state index in [1.165, 1.54) is 38.8 Å². The van der Waals surface area contributed by atoms with E-state index < -0.39 is 0 Å². The van der Waals surface area contributed by atoms with E-state index >= 15 is 0 Å². The summed E-state index contributed by atoms with van der Waals surface area (Å²) >= 11 is 0. The lowest BCUT2D eigenvalue weighted by Crippen LogP contribution is -2.34. The summed E-state index contributed by atoms with van der Waals surface area (Å²) in [6, 6.07) is 1.38. The molecule has 0 spiro atoms. The Labute approximate surface area is 95.4 Å². The number of nitrogens with zero attached hydrogens (tertiary/aromatic N) is 1. The van der Waals surface area contributed by atoms with Gasteiger partial charge in [0, 0.05) is 18.6 Å². The van der Waals surface area contributed by atoms with Crippen molar-refractivity contribution in [3.63, 3.8) is 0 Å². The number of nitrogens with one attached hydrogen (secondary N) is 1. The van der Waals surface area contributed by atoms with Gasteiger partial charge in [0.2, 0.25) is 0 Å². The normalized spacial score (nSPS) is 18.8. The molecule has 1 aliphatic carbocycles. The largest absolute Gasteiger partial charge is 0.317 e. The second kappa shape index (κ2) is 6.49. The van der Waals surface area contributed by atoms with Gasteiger partial charge in [0.25, 0.3) is 0 Å². The molecule has 1 N–H and O–H groups in total. The van der Waals surface area contributed by atoms with Gasteiger partial charge in [0.1, 0.15) is 0 Å². The van der Waals surface area contributed by atoms with E-state index in [0.29, 0.717) is 6.04 Å². The molecule has 0 radical (unpaired) electrons. The second-order valence-electron chi connectivity index (χ2n) is 5.36. The lowest BCUT2D eigenvalue weighted by molar-refractivity contribution is 0.206.